The predicted molar refractivity (Wildman–Crippen MR) is 165 cm³/mol. The van der Waals surface area contributed by atoms with Gasteiger partial charge in [-0.1, -0.05) is 30.3 Å². The molecule has 1 aliphatic heterocycles. The van der Waals surface area contributed by atoms with Crippen LogP contribution in [-0.4, -0.2) is 68.0 Å². The van der Waals surface area contributed by atoms with Crippen molar-refractivity contribution in [3.63, 3.8) is 0 Å². The van der Waals surface area contributed by atoms with Crippen LogP contribution in [0.25, 0.3) is 10.9 Å². The topological polar surface area (TPSA) is 84.4 Å². The number of benzene rings is 3. The molecule has 1 unspecified atom stereocenters. The third-order valence-electron chi connectivity index (χ3n) is 7.94. The number of pyridine rings is 1. The fourth-order valence-electron chi connectivity index (χ4n) is 5.68. The highest BCUT2D eigenvalue weighted by Crippen LogP contribution is 2.39. The number of rotatable bonds is 10. The van der Waals surface area contributed by atoms with Crippen molar-refractivity contribution >= 4 is 22.6 Å². The quantitative estimate of drug-likeness (QED) is 0.260. The lowest BCUT2D eigenvalue weighted by atomic mass is 10.0. The molecular weight excluding hydrogens is 549 g/mol. The highest BCUT2D eigenvalue weighted by Gasteiger charge is 2.26. The summed E-state index contributed by atoms with van der Waals surface area (Å²) in [4.78, 5) is 23.3. The molecule has 0 radical (unpaired) electrons. The fraction of sp³-hybridized carbons (Fsp3) is 0.353. The number of aliphatic hydroxyl groups excluding tert-OH is 1. The maximum Gasteiger partial charge on any atom is 0.254 e. The summed E-state index contributed by atoms with van der Waals surface area (Å²) in [6.07, 6.45) is 1.69. The number of piperidine rings is 1. The van der Waals surface area contributed by atoms with Crippen molar-refractivity contribution in [2.75, 3.05) is 45.9 Å². The number of ether oxygens (including phenoxy) is 3. The van der Waals surface area contributed by atoms with Crippen molar-refractivity contribution in [3.05, 3.63) is 88.7 Å². The molecule has 8 nitrogen and oxygen atoms in total. The molecule has 1 aromatic heterocycles. The maximum atomic E-state index is 14.3. The maximum absolute atomic E-state index is 14.3. The van der Waals surface area contributed by atoms with E-state index in [9.17, 15) is 14.3 Å². The normalized spacial score (nSPS) is 14.9. The summed E-state index contributed by atoms with van der Waals surface area (Å²) in [5, 5.41) is 11.5. The lowest BCUT2D eigenvalue weighted by molar-refractivity contribution is 0.0744. The van der Waals surface area contributed by atoms with Crippen LogP contribution in [-0.2, 0) is 13.0 Å². The molecule has 5 rings (SSSR count). The Hall–Kier alpha value is -4.37. The molecular formula is C34H38FN3O5. The molecule has 3 aromatic carbocycles. The van der Waals surface area contributed by atoms with Crippen molar-refractivity contribution in [1.29, 1.82) is 0 Å². The number of hydrogen-bond donors (Lipinski definition) is 1. The third kappa shape index (κ3) is 6.67. The Morgan fingerprint density at radius 3 is 2.42 bits per heavy atom. The Morgan fingerprint density at radius 1 is 1.05 bits per heavy atom. The monoisotopic (exact) mass is 587 g/mol. The van der Waals surface area contributed by atoms with E-state index < -0.39 is 6.10 Å². The first-order valence-electron chi connectivity index (χ1n) is 14.5. The van der Waals surface area contributed by atoms with Crippen molar-refractivity contribution in [3.8, 4) is 17.2 Å². The van der Waals surface area contributed by atoms with Gasteiger partial charge in [0.05, 0.1) is 33.0 Å². The van der Waals surface area contributed by atoms with Crippen LogP contribution < -0.4 is 19.1 Å². The standard InChI is InChI=1S/C34H38FN3O5/c1-22-7-5-8-24-17-26(33(36-31(22)24)37-15-6-9-28(39)21-37)20-38(16-14-23-10-12-27(35)13-11-23)34(40)25-18-29(41-2)32(43-4)30(19-25)42-3/h5,7-8,10-13,17-19,28,39H,6,9,14-16,20-21H2,1-4H3. The molecule has 1 atom stereocenters. The SMILES string of the molecule is COc1cc(C(=O)N(CCc2ccc(F)cc2)Cc2cc3cccc(C)c3nc2N2CCCC(O)C2)cc(OC)c1OC. The van der Waals surface area contributed by atoms with Gasteiger partial charge in [0.25, 0.3) is 5.91 Å². The van der Waals surface area contributed by atoms with E-state index in [2.05, 4.69) is 11.0 Å². The first-order valence-corrected chi connectivity index (χ1v) is 14.5. The van der Waals surface area contributed by atoms with Crippen LogP contribution >= 0.6 is 0 Å². The summed E-state index contributed by atoms with van der Waals surface area (Å²) in [5.74, 6) is 1.41. The van der Waals surface area contributed by atoms with Crippen LogP contribution in [0, 0.1) is 12.7 Å². The minimum Gasteiger partial charge on any atom is -0.493 e. The van der Waals surface area contributed by atoms with E-state index in [0.29, 0.717) is 42.3 Å². The second-order valence-electron chi connectivity index (χ2n) is 10.9. The summed E-state index contributed by atoms with van der Waals surface area (Å²) >= 11 is 0. The minimum absolute atomic E-state index is 0.227. The van der Waals surface area contributed by atoms with Crippen LogP contribution in [0.15, 0.2) is 60.7 Å². The van der Waals surface area contributed by atoms with Crippen LogP contribution in [0.2, 0.25) is 0 Å². The number of fused-ring (bicyclic) bond motifs is 1. The molecule has 1 aliphatic rings. The average Bonchev–Trinajstić information content (AvgIpc) is 3.02. The van der Waals surface area contributed by atoms with Gasteiger partial charge in [-0.05, 0) is 67.6 Å². The lowest BCUT2D eigenvalue weighted by Crippen LogP contribution is -2.40. The second kappa shape index (κ2) is 13.3. The van der Waals surface area contributed by atoms with Crippen LogP contribution in [0.3, 0.4) is 0 Å². The van der Waals surface area contributed by atoms with Gasteiger partial charge >= 0.3 is 0 Å². The summed E-state index contributed by atoms with van der Waals surface area (Å²) in [7, 11) is 4.55. The number of hydrogen-bond acceptors (Lipinski definition) is 7. The first-order chi connectivity index (χ1) is 20.8. The zero-order valence-electron chi connectivity index (χ0n) is 25.1. The average molecular weight is 588 g/mol. The molecule has 2 heterocycles. The van der Waals surface area contributed by atoms with Gasteiger partial charge < -0.3 is 29.1 Å². The Morgan fingerprint density at radius 2 is 1.77 bits per heavy atom. The van der Waals surface area contributed by atoms with Gasteiger partial charge in [0.15, 0.2) is 11.5 Å². The van der Waals surface area contributed by atoms with E-state index in [0.717, 1.165) is 52.8 Å². The second-order valence-corrected chi connectivity index (χ2v) is 10.9. The van der Waals surface area contributed by atoms with Crippen molar-refractivity contribution in [1.82, 2.24) is 9.88 Å². The summed E-state index contributed by atoms with van der Waals surface area (Å²) < 4.78 is 30.1. The van der Waals surface area contributed by atoms with Crippen molar-refractivity contribution in [2.24, 2.45) is 0 Å². The molecule has 0 bridgehead atoms. The van der Waals surface area contributed by atoms with Gasteiger partial charge in [-0.15, -0.1) is 0 Å². The van der Waals surface area contributed by atoms with Gasteiger partial charge in [0.1, 0.15) is 11.6 Å². The smallest absolute Gasteiger partial charge is 0.254 e. The van der Waals surface area contributed by atoms with E-state index in [1.54, 1.807) is 29.2 Å². The van der Waals surface area contributed by atoms with E-state index in [-0.39, 0.29) is 18.3 Å². The summed E-state index contributed by atoms with van der Waals surface area (Å²) in [6.45, 7) is 3.93. The van der Waals surface area contributed by atoms with E-state index >= 15 is 0 Å². The highest BCUT2D eigenvalue weighted by atomic mass is 19.1. The molecule has 4 aromatic rings. The van der Waals surface area contributed by atoms with E-state index in [1.807, 2.05) is 25.1 Å². The number of carbonyl (C=O) groups excluding carboxylic acids is 1. The number of methoxy groups -OCH3 is 3. The van der Waals surface area contributed by atoms with Gasteiger partial charge in [-0.3, -0.25) is 4.79 Å². The minimum atomic E-state index is -0.439. The van der Waals surface area contributed by atoms with Gasteiger partial charge in [0.2, 0.25) is 5.75 Å². The van der Waals surface area contributed by atoms with Crippen molar-refractivity contribution < 1.29 is 28.5 Å². The van der Waals surface area contributed by atoms with Gasteiger partial charge in [-0.2, -0.15) is 0 Å². The third-order valence-corrected chi connectivity index (χ3v) is 7.94. The molecule has 0 spiro atoms. The van der Waals surface area contributed by atoms with Gasteiger partial charge in [0, 0.05) is 42.7 Å². The Kier molecular flexibility index (Phi) is 9.31. The Balaban J connectivity index is 1.57. The number of anilines is 1. The Labute approximate surface area is 251 Å². The molecule has 1 N–H and O–H groups in total. The largest absolute Gasteiger partial charge is 0.493 e. The van der Waals surface area contributed by atoms with Crippen molar-refractivity contribution in [2.45, 2.75) is 38.8 Å². The zero-order valence-corrected chi connectivity index (χ0v) is 25.1. The summed E-state index contributed by atoms with van der Waals surface area (Å²) in [5.41, 5.74) is 4.13. The number of carbonyl (C=O) groups is 1. The van der Waals surface area contributed by atoms with E-state index in [4.69, 9.17) is 19.2 Å². The molecule has 0 saturated carbocycles. The first kappa shape index (κ1) is 30.1. The number of amides is 1. The highest BCUT2D eigenvalue weighted by molar-refractivity contribution is 5.96. The molecule has 9 heteroatoms. The van der Waals surface area contributed by atoms with E-state index in [1.165, 1.54) is 33.5 Å². The number of para-hydroxylation sites is 1. The van der Waals surface area contributed by atoms with Crippen LogP contribution in [0.5, 0.6) is 17.2 Å². The lowest BCUT2D eigenvalue weighted by Gasteiger charge is -2.34. The molecule has 0 aliphatic carbocycles. The number of nitrogens with zero attached hydrogens (tertiary/aromatic N) is 3. The fourth-order valence-corrected chi connectivity index (χ4v) is 5.68. The number of halogens is 1. The number of aromatic nitrogens is 1. The predicted octanol–water partition coefficient (Wildman–Crippen LogP) is 5.55. The number of aliphatic hydroxyl groups is 1. The summed E-state index contributed by atoms with van der Waals surface area (Å²) in [6, 6.07) is 17.8. The van der Waals surface area contributed by atoms with Crippen LogP contribution in [0.4, 0.5) is 10.2 Å². The van der Waals surface area contributed by atoms with Crippen LogP contribution in [0.1, 0.15) is 39.9 Å². The molecule has 1 amide bonds. The zero-order chi connectivity index (χ0) is 30.5. The number of β-amino-alcohol motifs (C(OH)–C–C–N with tert-alkyl or cyclic N) is 1. The number of aryl methyl sites for hydroxylation is 1. The molecule has 1 saturated heterocycles. The van der Waals surface area contributed by atoms with Gasteiger partial charge in [-0.25, -0.2) is 9.37 Å². The Bertz CT molecular complexity index is 1570. The molecule has 226 valence electrons. The molecule has 43 heavy (non-hydrogen) atoms. The molecule has 1 fully saturated rings.